The molecule has 94 valence electrons. The van der Waals surface area contributed by atoms with Gasteiger partial charge in [0.05, 0.1) is 0 Å². The van der Waals surface area contributed by atoms with E-state index in [-0.39, 0.29) is 0 Å². The van der Waals surface area contributed by atoms with E-state index in [1.165, 1.54) is 22.9 Å². The van der Waals surface area contributed by atoms with Crippen molar-refractivity contribution in [1.82, 2.24) is 4.98 Å². The molecule has 2 aromatic rings. The third-order valence-electron chi connectivity index (χ3n) is 4.19. The van der Waals surface area contributed by atoms with E-state index in [0.717, 1.165) is 6.42 Å². The van der Waals surface area contributed by atoms with Crippen LogP contribution in [0.4, 0.5) is 0 Å². The van der Waals surface area contributed by atoms with E-state index >= 15 is 0 Å². The summed E-state index contributed by atoms with van der Waals surface area (Å²) in [5.41, 5.74) is 5.91. The Morgan fingerprint density at radius 1 is 1.28 bits per heavy atom. The second-order valence-electron chi connectivity index (χ2n) is 5.58. The number of nitrogens with one attached hydrogen (secondary N) is 1. The minimum atomic E-state index is 0.672. The zero-order valence-electron chi connectivity index (χ0n) is 11.5. The largest absolute Gasteiger partial charge is 0.361 e. The van der Waals surface area contributed by atoms with Crippen LogP contribution in [-0.4, -0.2) is 4.98 Å². The fourth-order valence-corrected chi connectivity index (χ4v) is 3.48. The summed E-state index contributed by atoms with van der Waals surface area (Å²) in [5, 5.41) is 1.35. The first-order valence-electron chi connectivity index (χ1n) is 7.02. The van der Waals surface area contributed by atoms with E-state index in [4.69, 9.17) is 0 Å². The van der Waals surface area contributed by atoms with Crippen molar-refractivity contribution in [1.29, 1.82) is 0 Å². The van der Waals surface area contributed by atoms with Crippen LogP contribution >= 0.6 is 0 Å². The van der Waals surface area contributed by atoms with Gasteiger partial charge in [-0.15, -0.1) is 0 Å². The van der Waals surface area contributed by atoms with Crippen LogP contribution in [0.15, 0.2) is 24.4 Å². The molecule has 1 heteroatoms. The van der Waals surface area contributed by atoms with Gasteiger partial charge in [0.15, 0.2) is 0 Å². The lowest BCUT2D eigenvalue weighted by Gasteiger charge is -2.11. The van der Waals surface area contributed by atoms with Crippen molar-refractivity contribution in [2.24, 2.45) is 0 Å². The van der Waals surface area contributed by atoms with Crippen LogP contribution in [0, 0.1) is 0 Å². The number of H-pyrrole nitrogens is 1. The van der Waals surface area contributed by atoms with E-state index in [2.05, 4.69) is 56.2 Å². The topological polar surface area (TPSA) is 15.8 Å². The normalized spacial score (nSPS) is 23.1. The summed E-state index contributed by atoms with van der Waals surface area (Å²) in [6, 6.07) is 4.53. The average molecular weight is 239 g/mol. The zero-order valence-corrected chi connectivity index (χ0v) is 11.5. The predicted molar refractivity (Wildman–Crippen MR) is 79.1 cm³/mol. The number of hydrogen-bond acceptors (Lipinski definition) is 0. The quantitative estimate of drug-likeness (QED) is 0.741. The number of allylic oxidation sites excluding steroid dienone is 1. The van der Waals surface area contributed by atoms with Gasteiger partial charge in [0, 0.05) is 17.1 Å². The molecule has 0 spiro atoms. The smallest absolute Gasteiger partial charge is 0.0492 e. The van der Waals surface area contributed by atoms with Gasteiger partial charge in [0.1, 0.15) is 0 Å². The fourth-order valence-electron chi connectivity index (χ4n) is 3.48. The Hall–Kier alpha value is -1.50. The van der Waals surface area contributed by atoms with Crippen LogP contribution < -0.4 is 0 Å². The van der Waals surface area contributed by atoms with Gasteiger partial charge in [-0.3, -0.25) is 0 Å². The standard InChI is InChI=1S/C17H21N/c1-4-5-6-13-10-14-7-8-18-17(14)16-12(3)9-11(2)15(13)16/h5-8,10-12,18H,4,9H2,1-3H3/t11?,12-/m0/s1. The molecule has 0 bridgehead atoms. The molecule has 0 saturated carbocycles. The van der Waals surface area contributed by atoms with Gasteiger partial charge in [-0.1, -0.05) is 32.9 Å². The molecule has 1 aliphatic rings. The molecule has 3 rings (SSSR count). The molecule has 1 heterocycles. The average Bonchev–Trinajstić information content (AvgIpc) is 2.91. The van der Waals surface area contributed by atoms with E-state index in [9.17, 15) is 0 Å². The molecular formula is C17H21N. The Bertz CT molecular complexity index is 603. The molecule has 1 nitrogen and oxygen atoms in total. The van der Waals surface area contributed by atoms with Crippen molar-refractivity contribution in [3.05, 3.63) is 41.1 Å². The van der Waals surface area contributed by atoms with E-state index in [1.54, 1.807) is 11.1 Å². The zero-order chi connectivity index (χ0) is 12.7. The lowest BCUT2D eigenvalue weighted by molar-refractivity contribution is 0.662. The number of benzene rings is 1. The third kappa shape index (κ3) is 1.61. The van der Waals surface area contributed by atoms with Crippen LogP contribution in [0.5, 0.6) is 0 Å². The minimum absolute atomic E-state index is 0.672. The van der Waals surface area contributed by atoms with Crippen LogP contribution in [-0.2, 0) is 0 Å². The van der Waals surface area contributed by atoms with E-state index in [1.807, 2.05) is 0 Å². The highest BCUT2D eigenvalue weighted by Crippen LogP contribution is 2.46. The number of hydrogen-bond donors (Lipinski definition) is 1. The Labute approximate surface area is 109 Å². The monoisotopic (exact) mass is 239 g/mol. The molecular weight excluding hydrogens is 218 g/mol. The molecule has 1 N–H and O–H groups in total. The number of aromatic amines is 1. The number of fused-ring (bicyclic) bond motifs is 3. The summed E-state index contributed by atoms with van der Waals surface area (Å²) in [4.78, 5) is 3.43. The molecule has 0 fully saturated rings. The summed E-state index contributed by atoms with van der Waals surface area (Å²) in [6.07, 6.45) is 9.02. The Morgan fingerprint density at radius 3 is 2.83 bits per heavy atom. The van der Waals surface area contributed by atoms with Crippen LogP contribution in [0.2, 0.25) is 0 Å². The van der Waals surface area contributed by atoms with Gasteiger partial charge < -0.3 is 4.98 Å². The summed E-state index contributed by atoms with van der Waals surface area (Å²) in [7, 11) is 0. The molecule has 2 atom stereocenters. The van der Waals surface area contributed by atoms with Gasteiger partial charge in [-0.2, -0.15) is 0 Å². The predicted octanol–water partition coefficient (Wildman–Crippen LogP) is 5.20. The summed E-state index contributed by atoms with van der Waals surface area (Å²) in [6.45, 7) is 6.91. The Kier molecular flexibility index (Phi) is 2.77. The second kappa shape index (κ2) is 4.31. The molecule has 0 amide bonds. The van der Waals surface area contributed by atoms with Crippen molar-refractivity contribution in [2.45, 2.75) is 45.4 Å². The highest BCUT2D eigenvalue weighted by Gasteiger charge is 2.29. The van der Waals surface area contributed by atoms with Gasteiger partial charge in [0.2, 0.25) is 0 Å². The molecule has 1 aliphatic carbocycles. The summed E-state index contributed by atoms with van der Waals surface area (Å²) >= 11 is 0. The van der Waals surface area contributed by atoms with Crippen molar-refractivity contribution < 1.29 is 0 Å². The molecule has 1 aromatic heterocycles. The lowest BCUT2D eigenvalue weighted by Crippen LogP contribution is -1.93. The van der Waals surface area contributed by atoms with Crippen molar-refractivity contribution in [3.8, 4) is 0 Å². The minimum Gasteiger partial charge on any atom is -0.361 e. The fraction of sp³-hybridized carbons (Fsp3) is 0.412. The molecule has 0 radical (unpaired) electrons. The van der Waals surface area contributed by atoms with Gasteiger partial charge in [0.25, 0.3) is 0 Å². The highest BCUT2D eigenvalue weighted by molar-refractivity contribution is 5.88. The van der Waals surface area contributed by atoms with E-state index < -0.39 is 0 Å². The first-order chi connectivity index (χ1) is 8.72. The Balaban J connectivity index is 2.30. The van der Waals surface area contributed by atoms with Gasteiger partial charge in [-0.25, -0.2) is 0 Å². The third-order valence-corrected chi connectivity index (χ3v) is 4.19. The molecule has 0 saturated heterocycles. The summed E-state index contributed by atoms with van der Waals surface area (Å²) < 4.78 is 0. The maximum Gasteiger partial charge on any atom is 0.0492 e. The molecule has 1 unspecified atom stereocenters. The highest BCUT2D eigenvalue weighted by atomic mass is 14.7. The maximum absolute atomic E-state index is 3.43. The molecule has 18 heavy (non-hydrogen) atoms. The number of rotatable bonds is 2. The van der Waals surface area contributed by atoms with E-state index in [0.29, 0.717) is 11.8 Å². The first-order valence-corrected chi connectivity index (χ1v) is 7.02. The van der Waals surface area contributed by atoms with Crippen molar-refractivity contribution in [2.75, 3.05) is 0 Å². The second-order valence-corrected chi connectivity index (χ2v) is 5.58. The van der Waals surface area contributed by atoms with Crippen LogP contribution in [0.1, 0.15) is 62.1 Å². The van der Waals surface area contributed by atoms with Crippen LogP contribution in [0.3, 0.4) is 0 Å². The molecule has 0 aliphatic heterocycles. The number of aromatic nitrogens is 1. The van der Waals surface area contributed by atoms with Crippen LogP contribution in [0.25, 0.3) is 17.0 Å². The lowest BCUT2D eigenvalue weighted by atomic mass is 9.94. The van der Waals surface area contributed by atoms with Gasteiger partial charge in [-0.05, 0) is 53.5 Å². The van der Waals surface area contributed by atoms with Gasteiger partial charge >= 0.3 is 0 Å². The summed E-state index contributed by atoms with van der Waals surface area (Å²) in [5.74, 6) is 1.35. The van der Waals surface area contributed by atoms with Crippen molar-refractivity contribution >= 4 is 17.0 Å². The van der Waals surface area contributed by atoms with Crippen molar-refractivity contribution in [3.63, 3.8) is 0 Å². The Morgan fingerprint density at radius 2 is 2.06 bits per heavy atom. The first kappa shape index (κ1) is 11.6. The maximum atomic E-state index is 3.43. The molecule has 1 aromatic carbocycles. The SMILES string of the molecule is CCC=Cc1cc2cc[nH]c2c2c1C(C)C[C@@H]2C.